The lowest BCUT2D eigenvalue weighted by Gasteiger charge is -2.13. The Morgan fingerprint density at radius 1 is 1.36 bits per heavy atom. The average molecular weight is 323 g/mol. The summed E-state index contributed by atoms with van der Waals surface area (Å²) in [6.45, 7) is 5.47. The van der Waals surface area contributed by atoms with Crippen LogP contribution in [0.5, 0.6) is 5.75 Å². The van der Waals surface area contributed by atoms with Crippen molar-refractivity contribution in [3.8, 4) is 5.75 Å². The van der Waals surface area contributed by atoms with Gasteiger partial charge in [0, 0.05) is 13.2 Å². The average Bonchev–Trinajstić information content (AvgIpc) is 2.49. The zero-order valence-electron chi connectivity index (χ0n) is 13.5. The van der Waals surface area contributed by atoms with Gasteiger partial charge in [0.1, 0.15) is 5.75 Å². The second-order valence-electron chi connectivity index (χ2n) is 4.97. The van der Waals surface area contributed by atoms with Crippen LogP contribution in [0.2, 0.25) is 0 Å². The molecule has 5 nitrogen and oxygen atoms in total. The van der Waals surface area contributed by atoms with Gasteiger partial charge in [-0.3, -0.25) is 5.43 Å². The second kappa shape index (κ2) is 11.0. The number of nitrogens with zero attached hydrogens (tertiary/aromatic N) is 1. The van der Waals surface area contributed by atoms with Crippen LogP contribution >= 0.6 is 12.2 Å². The standard InChI is InChI=1S/C16H25N3O2S/c1-4-5-10-21-15-8-6-14(7-9-15)11-17-19-16(22)18-13(2)12-20-3/h6-9,11,13H,4-5,10,12H2,1-3H3,(H2,18,19,22)/b17-11-/t13-/m0/s1. The zero-order chi connectivity index (χ0) is 16.2. The van der Waals surface area contributed by atoms with Gasteiger partial charge in [-0.1, -0.05) is 13.3 Å². The smallest absolute Gasteiger partial charge is 0.187 e. The molecule has 0 aliphatic carbocycles. The lowest BCUT2D eigenvalue weighted by molar-refractivity contribution is 0.179. The van der Waals surface area contributed by atoms with E-state index in [9.17, 15) is 0 Å². The van der Waals surface area contributed by atoms with Gasteiger partial charge in [-0.2, -0.15) is 5.10 Å². The van der Waals surface area contributed by atoms with Crippen LogP contribution in [-0.4, -0.2) is 37.7 Å². The molecule has 1 atom stereocenters. The summed E-state index contributed by atoms with van der Waals surface area (Å²) in [5.74, 6) is 0.879. The molecule has 0 heterocycles. The van der Waals surface area contributed by atoms with E-state index in [1.165, 1.54) is 0 Å². The van der Waals surface area contributed by atoms with E-state index in [2.05, 4.69) is 22.8 Å². The maximum atomic E-state index is 5.61. The molecule has 122 valence electrons. The molecule has 1 aromatic rings. The Labute approximate surface area is 138 Å². The van der Waals surface area contributed by atoms with E-state index in [-0.39, 0.29) is 6.04 Å². The van der Waals surface area contributed by atoms with Gasteiger partial charge < -0.3 is 14.8 Å². The molecule has 1 rings (SSSR count). The van der Waals surface area contributed by atoms with Gasteiger partial charge in [-0.25, -0.2) is 0 Å². The quantitative estimate of drug-likeness (QED) is 0.317. The number of unbranched alkanes of at least 4 members (excludes halogenated alkanes) is 1. The van der Waals surface area contributed by atoms with Gasteiger partial charge in [-0.15, -0.1) is 0 Å². The van der Waals surface area contributed by atoms with Crippen molar-refractivity contribution in [3.63, 3.8) is 0 Å². The van der Waals surface area contributed by atoms with Gasteiger partial charge in [0.05, 0.1) is 19.4 Å². The van der Waals surface area contributed by atoms with Gasteiger partial charge >= 0.3 is 0 Å². The first-order chi connectivity index (χ1) is 10.7. The molecule has 2 N–H and O–H groups in total. The fourth-order valence-electron chi connectivity index (χ4n) is 1.70. The highest BCUT2D eigenvalue weighted by atomic mass is 32.1. The van der Waals surface area contributed by atoms with Gasteiger partial charge in [0.15, 0.2) is 5.11 Å². The largest absolute Gasteiger partial charge is 0.494 e. The number of benzene rings is 1. The van der Waals surface area contributed by atoms with E-state index in [1.807, 2.05) is 31.2 Å². The van der Waals surface area contributed by atoms with E-state index in [4.69, 9.17) is 21.7 Å². The predicted molar refractivity (Wildman–Crippen MR) is 94.6 cm³/mol. The van der Waals surface area contributed by atoms with Crippen molar-refractivity contribution in [1.82, 2.24) is 10.7 Å². The Bertz CT molecular complexity index is 463. The van der Waals surface area contributed by atoms with Crippen LogP contribution in [0.1, 0.15) is 32.3 Å². The Hall–Kier alpha value is -1.66. The third-order valence-electron chi connectivity index (χ3n) is 2.82. The number of methoxy groups -OCH3 is 1. The van der Waals surface area contributed by atoms with E-state index in [0.717, 1.165) is 30.8 Å². The highest BCUT2D eigenvalue weighted by Crippen LogP contribution is 2.11. The lowest BCUT2D eigenvalue weighted by atomic mass is 10.2. The van der Waals surface area contributed by atoms with Gasteiger partial charge in [-0.05, 0) is 55.4 Å². The van der Waals surface area contributed by atoms with E-state index >= 15 is 0 Å². The number of hydrazone groups is 1. The molecule has 6 heteroatoms. The summed E-state index contributed by atoms with van der Waals surface area (Å²) in [5.41, 5.74) is 3.76. The number of ether oxygens (including phenoxy) is 2. The molecule has 0 fully saturated rings. The number of hydrogen-bond donors (Lipinski definition) is 2. The summed E-state index contributed by atoms with van der Waals surface area (Å²) in [5, 5.41) is 7.64. The third kappa shape index (κ3) is 7.95. The number of thiocarbonyl (C=S) groups is 1. The molecule has 0 aliphatic heterocycles. The van der Waals surface area contributed by atoms with Gasteiger partial charge in [0.25, 0.3) is 0 Å². The number of nitrogens with one attached hydrogen (secondary N) is 2. The minimum Gasteiger partial charge on any atom is -0.494 e. The molecule has 0 bridgehead atoms. The SMILES string of the molecule is CCCCOc1ccc(/C=N\NC(=S)N[C@@H](C)COC)cc1. The summed E-state index contributed by atoms with van der Waals surface area (Å²) in [7, 11) is 1.66. The predicted octanol–water partition coefficient (Wildman–Crippen LogP) is 2.70. The highest BCUT2D eigenvalue weighted by molar-refractivity contribution is 7.80. The first kappa shape index (κ1) is 18.4. The second-order valence-corrected chi connectivity index (χ2v) is 5.38. The van der Waals surface area contributed by atoms with Gasteiger partial charge in [0.2, 0.25) is 0 Å². The van der Waals surface area contributed by atoms with E-state index in [0.29, 0.717) is 11.7 Å². The molecule has 0 radical (unpaired) electrons. The molecule has 0 saturated carbocycles. The molecule has 0 amide bonds. The molecular weight excluding hydrogens is 298 g/mol. The minimum atomic E-state index is 0.139. The zero-order valence-corrected chi connectivity index (χ0v) is 14.3. The number of rotatable bonds is 9. The van der Waals surface area contributed by atoms with Crippen LogP contribution in [0.3, 0.4) is 0 Å². The molecule has 1 aromatic carbocycles. The molecule has 0 aliphatic rings. The third-order valence-corrected chi connectivity index (χ3v) is 3.03. The molecular formula is C16H25N3O2S. The van der Waals surface area contributed by atoms with Crippen LogP contribution in [0.4, 0.5) is 0 Å². The van der Waals surface area contributed by atoms with Crippen LogP contribution in [0, 0.1) is 0 Å². The molecule has 0 aromatic heterocycles. The fourth-order valence-corrected chi connectivity index (χ4v) is 1.95. The van der Waals surface area contributed by atoms with Crippen LogP contribution in [0.15, 0.2) is 29.4 Å². The Morgan fingerprint density at radius 2 is 2.09 bits per heavy atom. The van der Waals surface area contributed by atoms with Crippen molar-refractivity contribution in [1.29, 1.82) is 0 Å². The maximum Gasteiger partial charge on any atom is 0.187 e. The molecule has 22 heavy (non-hydrogen) atoms. The Morgan fingerprint density at radius 3 is 2.73 bits per heavy atom. The first-order valence-corrected chi connectivity index (χ1v) is 7.88. The normalized spacial score (nSPS) is 12.1. The van der Waals surface area contributed by atoms with Crippen molar-refractivity contribution in [2.24, 2.45) is 5.10 Å². The van der Waals surface area contributed by atoms with E-state index in [1.54, 1.807) is 13.3 Å². The molecule has 0 saturated heterocycles. The van der Waals surface area contributed by atoms with Crippen molar-refractivity contribution < 1.29 is 9.47 Å². The summed E-state index contributed by atoms with van der Waals surface area (Å²) in [4.78, 5) is 0. The van der Waals surface area contributed by atoms with Crippen molar-refractivity contribution >= 4 is 23.5 Å². The summed E-state index contributed by atoms with van der Waals surface area (Å²) in [6.07, 6.45) is 3.91. The number of hydrogen-bond acceptors (Lipinski definition) is 4. The summed E-state index contributed by atoms with van der Waals surface area (Å²) < 4.78 is 10.6. The Balaban J connectivity index is 2.35. The molecule has 0 unspecified atom stereocenters. The van der Waals surface area contributed by atoms with Crippen LogP contribution in [0.25, 0.3) is 0 Å². The minimum absolute atomic E-state index is 0.139. The topological polar surface area (TPSA) is 54.9 Å². The van der Waals surface area contributed by atoms with Crippen molar-refractivity contribution in [2.75, 3.05) is 20.3 Å². The Kier molecular flexibility index (Phi) is 9.18. The van der Waals surface area contributed by atoms with E-state index < -0.39 is 0 Å². The van der Waals surface area contributed by atoms with Crippen molar-refractivity contribution in [2.45, 2.75) is 32.7 Å². The fraction of sp³-hybridized carbons (Fsp3) is 0.500. The summed E-state index contributed by atoms with van der Waals surface area (Å²) in [6, 6.07) is 7.93. The monoisotopic (exact) mass is 323 g/mol. The lowest BCUT2D eigenvalue weighted by Crippen LogP contribution is -2.40. The first-order valence-electron chi connectivity index (χ1n) is 7.47. The summed E-state index contributed by atoms with van der Waals surface area (Å²) >= 11 is 5.13. The van der Waals surface area contributed by atoms with Crippen molar-refractivity contribution in [3.05, 3.63) is 29.8 Å². The highest BCUT2D eigenvalue weighted by Gasteiger charge is 2.01. The van der Waals surface area contributed by atoms with Crippen LogP contribution in [-0.2, 0) is 4.74 Å². The maximum absolute atomic E-state index is 5.61. The molecule has 0 spiro atoms. The van der Waals surface area contributed by atoms with Crippen LogP contribution < -0.4 is 15.5 Å².